The van der Waals surface area contributed by atoms with E-state index in [1.807, 2.05) is 32.9 Å². The first kappa shape index (κ1) is 18.3. The minimum Gasteiger partial charge on any atom is -0.326 e. The Balaban J connectivity index is 1.88. The van der Waals surface area contributed by atoms with Crippen LogP contribution in [0.15, 0.2) is 18.2 Å². The molecule has 0 aliphatic rings. The molecule has 0 spiro atoms. The van der Waals surface area contributed by atoms with Crippen LogP contribution in [-0.2, 0) is 17.6 Å². The van der Waals surface area contributed by atoms with Crippen molar-refractivity contribution in [2.24, 2.45) is 0 Å². The molecule has 0 atom stereocenters. The number of aryl methyl sites for hydroxylation is 3. The highest BCUT2D eigenvalue weighted by Crippen LogP contribution is 2.23. The third-order valence-electron chi connectivity index (χ3n) is 4.45. The summed E-state index contributed by atoms with van der Waals surface area (Å²) < 4.78 is 1.73. The van der Waals surface area contributed by atoms with Crippen molar-refractivity contribution in [1.29, 1.82) is 0 Å². The molecule has 0 aliphatic carbocycles. The van der Waals surface area contributed by atoms with Crippen LogP contribution in [0.4, 0.5) is 5.69 Å². The monoisotopic (exact) mass is 371 g/mol. The first-order chi connectivity index (χ1) is 12.4. The van der Waals surface area contributed by atoms with E-state index in [0.29, 0.717) is 10.8 Å². The Kier molecular flexibility index (Phi) is 5.23. The van der Waals surface area contributed by atoms with Gasteiger partial charge in [0.25, 0.3) is 5.78 Å². The number of amides is 1. The maximum absolute atomic E-state index is 12.6. The van der Waals surface area contributed by atoms with Gasteiger partial charge >= 0.3 is 0 Å². The summed E-state index contributed by atoms with van der Waals surface area (Å²) >= 11 is 6.12. The smallest absolute Gasteiger partial charge is 0.252 e. The van der Waals surface area contributed by atoms with Crippen LogP contribution in [0.1, 0.15) is 41.7 Å². The first-order valence-electron chi connectivity index (χ1n) is 8.67. The van der Waals surface area contributed by atoms with Gasteiger partial charge in [-0.1, -0.05) is 24.6 Å². The summed E-state index contributed by atoms with van der Waals surface area (Å²) in [6.45, 7) is 7.81. The quantitative estimate of drug-likeness (QED) is 0.739. The average molecular weight is 372 g/mol. The second-order valence-corrected chi connectivity index (χ2v) is 6.80. The zero-order chi connectivity index (χ0) is 18.8. The Morgan fingerprint density at radius 1 is 1.23 bits per heavy atom. The van der Waals surface area contributed by atoms with E-state index in [1.54, 1.807) is 10.6 Å². The summed E-state index contributed by atoms with van der Waals surface area (Å²) in [6, 6.07) is 5.46. The zero-order valence-corrected chi connectivity index (χ0v) is 16.2. The van der Waals surface area contributed by atoms with Gasteiger partial charge in [0.2, 0.25) is 5.91 Å². The number of benzene rings is 1. The van der Waals surface area contributed by atoms with Crippen LogP contribution in [0.2, 0.25) is 5.02 Å². The minimum atomic E-state index is -0.114. The van der Waals surface area contributed by atoms with Crippen molar-refractivity contribution in [3.63, 3.8) is 0 Å². The van der Waals surface area contributed by atoms with Crippen LogP contribution >= 0.6 is 11.6 Å². The molecule has 0 aliphatic heterocycles. The standard InChI is InChI=1S/C19H22ClN5O/c1-5-7-17-23-19-21-12(3)14(13(4)25(19)24-17)10-18(26)22-16-9-6-8-15(20)11(16)2/h6,8-9H,5,7,10H2,1-4H3,(H,22,26). The molecule has 26 heavy (non-hydrogen) atoms. The SMILES string of the molecule is CCCc1nc2nc(C)c(CC(=O)Nc3cccc(Cl)c3C)c(C)n2n1. The number of anilines is 1. The van der Waals surface area contributed by atoms with Gasteiger partial charge in [0, 0.05) is 34.1 Å². The molecule has 1 N–H and O–H groups in total. The summed E-state index contributed by atoms with van der Waals surface area (Å²) in [5.41, 5.74) is 4.12. The lowest BCUT2D eigenvalue weighted by molar-refractivity contribution is -0.115. The molecule has 3 aromatic rings. The largest absolute Gasteiger partial charge is 0.326 e. The number of hydrogen-bond donors (Lipinski definition) is 1. The van der Waals surface area contributed by atoms with Gasteiger partial charge in [-0.3, -0.25) is 4.79 Å². The lowest BCUT2D eigenvalue weighted by Gasteiger charge is -2.12. The second-order valence-electron chi connectivity index (χ2n) is 6.39. The second kappa shape index (κ2) is 7.41. The van der Waals surface area contributed by atoms with Crippen molar-refractivity contribution >= 4 is 29.0 Å². The number of rotatable bonds is 5. The van der Waals surface area contributed by atoms with E-state index < -0.39 is 0 Å². The molecule has 0 unspecified atom stereocenters. The summed E-state index contributed by atoms with van der Waals surface area (Å²) in [6.07, 6.45) is 2.00. The number of carbonyl (C=O) groups excluding carboxylic acids is 1. The number of halogens is 1. The van der Waals surface area contributed by atoms with Gasteiger partial charge < -0.3 is 5.32 Å². The molecule has 2 heterocycles. The van der Waals surface area contributed by atoms with Crippen LogP contribution in [-0.4, -0.2) is 25.5 Å². The lowest BCUT2D eigenvalue weighted by Crippen LogP contribution is -2.18. The average Bonchev–Trinajstić information content (AvgIpc) is 2.99. The summed E-state index contributed by atoms with van der Waals surface area (Å²) in [5, 5.41) is 8.07. The molecule has 6 nitrogen and oxygen atoms in total. The van der Waals surface area contributed by atoms with Gasteiger partial charge in [0.15, 0.2) is 5.82 Å². The van der Waals surface area contributed by atoms with E-state index in [0.717, 1.165) is 46.9 Å². The summed E-state index contributed by atoms with van der Waals surface area (Å²) in [4.78, 5) is 21.5. The van der Waals surface area contributed by atoms with Crippen molar-refractivity contribution in [2.75, 3.05) is 5.32 Å². The van der Waals surface area contributed by atoms with E-state index in [2.05, 4.69) is 27.3 Å². The maximum Gasteiger partial charge on any atom is 0.252 e. The van der Waals surface area contributed by atoms with Gasteiger partial charge in [-0.2, -0.15) is 4.98 Å². The van der Waals surface area contributed by atoms with E-state index in [9.17, 15) is 4.79 Å². The molecule has 0 saturated heterocycles. The Bertz CT molecular complexity index is 980. The van der Waals surface area contributed by atoms with Crippen LogP contribution < -0.4 is 5.32 Å². The number of nitrogens with zero attached hydrogens (tertiary/aromatic N) is 4. The van der Waals surface area contributed by atoms with E-state index >= 15 is 0 Å². The predicted octanol–water partition coefficient (Wildman–Crippen LogP) is 3.84. The fourth-order valence-electron chi connectivity index (χ4n) is 2.93. The molecule has 3 rings (SSSR count). The molecule has 0 bridgehead atoms. The molecule has 0 fully saturated rings. The zero-order valence-electron chi connectivity index (χ0n) is 15.4. The lowest BCUT2D eigenvalue weighted by atomic mass is 10.1. The molecule has 136 valence electrons. The Labute approximate surface area is 157 Å². The number of nitrogens with one attached hydrogen (secondary N) is 1. The van der Waals surface area contributed by atoms with Crippen molar-refractivity contribution < 1.29 is 4.79 Å². The number of carbonyl (C=O) groups is 1. The van der Waals surface area contributed by atoms with Crippen molar-refractivity contribution in [3.8, 4) is 0 Å². The van der Waals surface area contributed by atoms with Gasteiger partial charge in [0.1, 0.15) is 0 Å². The Morgan fingerprint density at radius 3 is 2.73 bits per heavy atom. The topological polar surface area (TPSA) is 72.2 Å². The van der Waals surface area contributed by atoms with Crippen molar-refractivity contribution in [2.45, 2.75) is 47.0 Å². The van der Waals surface area contributed by atoms with Gasteiger partial charge in [-0.25, -0.2) is 9.50 Å². The van der Waals surface area contributed by atoms with Gasteiger partial charge in [0.05, 0.1) is 6.42 Å². The van der Waals surface area contributed by atoms with Gasteiger partial charge in [-0.15, -0.1) is 5.10 Å². The minimum absolute atomic E-state index is 0.114. The van der Waals surface area contributed by atoms with Crippen LogP contribution in [0.5, 0.6) is 0 Å². The van der Waals surface area contributed by atoms with Gasteiger partial charge in [-0.05, 0) is 44.9 Å². The molecular weight excluding hydrogens is 350 g/mol. The van der Waals surface area contributed by atoms with Crippen LogP contribution in [0.25, 0.3) is 5.78 Å². The maximum atomic E-state index is 12.6. The van der Waals surface area contributed by atoms with Crippen LogP contribution in [0, 0.1) is 20.8 Å². The number of aromatic nitrogens is 4. The first-order valence-corrected chi connectivity index (χ1v) is 9.05. The Morgan fingerprint density at radius 2 is 2.00 bits per heavy atom. The number of hydrogen-bond acceptors (Lipinski definition) is 4. The highest BCUT2D eigenvalue weighted by molar-refractivity contribution is 6.31. The fourth-order valence-corrected chi connectivity index (χ4v) is 3.11. The highest BCUT2D eigenvalue weighted by atomic mass is 35.5. The molecule has 7 heteroatoms. The van der Waals surface area contributed by atoms with E-state index in [1.165, 1.54) is 0 Å². The van der Waals surface area contributed by atoms with E-state index in [-0.39, 0.29) is 12.3 Å². The third-order valence-corrected chi connectivity index (χ3v) is 4.85. The van der Waals surface area contributed by atoms with Crippen molar-refractivity contribution in [3.05, 3.63) is 51.6 Å². The molecule has 1 aromatic carbocycles. The molecule has 1 amide bonds. The predicted molar refractivity (Wildman–Crippen MR) is 103 cm³/mol. The van der Waals surface area contributed by atoms with Crippen molar-refractivity contribution in [1.82, 2.24) is 19.6 Å². The third kappa shape index (κ3) is 3.55. The molecule has 2 aromatic heterocycles. The molecular formula is C19H22ClN5O. The summed E-state index contributed by atoms with van der Waals surface area (Å²) in [7, 11) is 0. The number of fused-ring (bicyclic) bond motifs is 1. The summed E-state index contributed by atoms with van der Waals surface area (Å²) in [5.74, 6) is 1.24. The molecule has 0 saturated carbocycles. The Hall–Kier alpha value is -2.47. The molecule has 0 radical (unpaired) electrons. The van der Waals surface area contributed by atoms with E-state index in [4.69, 9.17) is 11.6 Å². The highest BCUT2D eigenvalue weighted by Gasteiger charge is 2.16. The normalized spacial score (nSPS) is 11.1. The fraction of sp³-hybridized carbons (Fsp3) is 0.368. The van der Waals surface area contributed by atoms with Crippen LogP contribution in [0.3, 0.4) is 0 Å².